The number of benzene rings is 2. The molecule has 0 saturated heterocycles. The van der Waals surface area contributed by atoms with Gasteiger partial charge in [-0.15, -0.1) is 0 Å². The highest BCUT2D eigenvalue weighted by Gasteiger charge is 2.18. The molecule has 0 radical (unpaired) electrons. The van der Waals surface area contributed by atoms with Crippen molar-refractivity contribution >= 4 is 22.3 Å². The molecule has 64 heavy (non-hydrogen) atoms. The number of H-pyrrole nitrogens is 4. The molecule has 0 spiro atoms. The van der Waals surface area contributed by atoms with Crippen LogP contribution in [0.5, 0.6) is 11.5 Å². The molecule has 6 aromatic rings. The molecule has 1 aliphatic heterocycles. The Morgan fingerprint density at radius 3 is 1.03 bits per heavy atom. The monoisotopic (exact) mass is 861 g/mol. The van der Waals surface area contributed by atoms with Gasteiger partial charge in [0, 0.05) is 55.3 Å². The summed E-state index contributed by atoms with van der Waals surface area (Å²) in [6, 6.07) is 32.8. The van der Waals surface area contributed by atoms with E-state index in [9.17, 15) is 10.2 Å². The summed E-state index contributed by atoms with van der Waals surface area (Å²) in [4.78, 5) is 15.6. The molecule has 6 nitrogen and oxygen atoms in total. The van der Waals surface area contributed by atoms with E-state index in [2.05, 4.69) is 94.4 Å². The van der Waals surface area contributed by atoms with E-state index in [-0.39, 0.29) is 11.5 Å². The molecule has 6 heteroatoms. The van der Waals surface area contributed by atoms with E-state index in [0.29, 0.717) is 0 Å². The molecule has 7 rings (SSSR count). The van der Waals surface area contributed by atoms with Crippen molar-refractivity contribution in [2.24, 2.45) is 0 Å². The Hall–Kier alpha value is -5.36. The number of hydrogen-bond acceptors (Lipinski definition) is 2. The zero-order valence-corrected chi connectivity index (χ0v) is 39.1. The van der Waals surface area contributed by atoms with E-state index in [4.69, 9.17) is 0 Å². The third kappa shape index (κ3) is 12.9. The topological polar surface area (TPSA) is 104 Å². The van der Waals surface area contributed by atoms with Crippen LogP contribution in [0, 0.1) is 0 Å². The number of phenolic OH excluding ortho intramolecular Hbond substituents is 2. The normalized spacial score (nSPS) is 12.8. The third-order valence-corrected chi connectivity index (χ3v) is 13.5. The Kier molecular flexibility index (Phi) is 17.9. The maximum absolute atomic E-state index is 10.7. The van der Waals surface area contributed by atoms with Crippen molar-refractivity contribution in [2.45, 2.75) is 168 Å². The first-order valence-electron chi connectivity index (χ1n) is 25.4. The van der Waals surface area contributed by atoms with Crippen molar-refractivity contribution in [1.82, 2.24) is 19.9 Å². The maximum atomic E-state index is 10.7. The van der Waals surface area contributed by atoms with E-state index < -0.39 is 0 Å². The molecule has 0 amide bonds. The van der Waals surface area contributed by atoms with Gasteiger partial charge in [0.15, 0.2) is 0 Å². The van der Waals surface area contributed by atoms with Crippen LogP contribution in [0.3, 0.4) is 0 Å². The predicted octanol–water partition coefficient (Wildman–Crippen LogP) is 13.0. The van der Waals surface area contributed by atoms with Crippen molar-refractivity contribution in [1.29, 1.82) is 0 Å². The van der Waals surface area contributed by atoms with Gasteiger partial charge < -0.3 is 30.1 Å². The number of fused-ring (bicyclic) bond motifs is 8. The Bertz CT molecular complexity index is 2420. The Balaban J connectivity index is 1.25. The summed E-state index contributed by atoms with van der Waals surface area (Å²) in [5, 5.41) is 25.6. The van der Waals surface area contributed by atoms with Crippen molar-refractivity contribution in [3.05, 3.63) is 152 Å². The van der Waals surface area contributed by atoms with Crippen LogP contribution in [0.1, 0.15) is 202 Å². The molecule has 0 aliphatic carbocycles. The fourth-order valence-electron chi connectivity index (χ4n) is 9.86. The van der Waals surface area contributed by atoms with Gasteiger partial charge in [0.1, 0.15) is 11.5 Å². The lowest BCUT2D eigenvalue weighted by Crippen LogP contribution is -2.18. The van der Waals surface area contributed by atoms with Crippen LogP contribution in [-0.2, 0) is 0 Å². The average Bonchev–Trinajstić information content (AvgIpc) is 4.15. The molecular weight excluding hydrogens is 785 g/mol. The smallest absolute Gasteiger partial charge is 0.116 e. The number of aromatic amines is 4. The molecule has 0 atom stereocenters. The molecule has 8 bridgehead atoms. The predicted molar refractivity (Wildman–Crippen MR) is 268 cm³/mol. The fraction of sp³-hybridized carbons (Fsp3) is 0.448. The van der Waals surface area contributed by atoms with Gasteiger partial charge in [-0.3, -0.25) is 0 Å². The minimum atomic E-state index is 0.226. The largest absolute Gasteiger partial charge is 0.508 e. The first-order valence-corrected chi connectivity index (χ1v) is 25.4. The van der Waals surface area contributed by atoms with Gasteiger partial charge in [-0.2, -0.15) is 0 Å². The van der Waals surface area contributed by atoms with Gasteiger partial charge in [-0.25, -0.2) is 0 Å². The second kappa shape index (κ2) is 24.6. The fourth-order valence-corrected chi connectivity index (χ4v) is 9.86. The minimum Gasteiger partial charge on any atom is -0.508 e. The lowest BCUT2D eigenvalue weighted by molar-refractivity contribution is 0.474. The van der Waals surface area contributed by atoms with Crippen LogP contribution >= 0.6 is 0 Å². The number of aromatic hydroxyl groups is 2. The molecule has 4 aromatic heterocycles. The van der Waals surface area contributed by atoms with E-state index >= 15 is 0 Å². The summed E-state index contributed by atoms with van der Waals surface area (Å²) in [5.41, 5.74) is 10.6. The van der Waals surface area contributed by atoms with Crippen LogP contribution < -0.4 is 21.4 Å². The minimum absolute atomic E-state index is 0.226. The molecule has 5 heterocycles. The highest BCUT2D eigenvalue weighted by Crippen LogP contribution is 2.29. The highest BCUT2D eigenvalue weighted by atomic mass is 16.3. The quantitative estimate of drug-likeness (QED) is 0.0306. The zero-order chi connectivity index (χ0) is 44.4. The summed E-state index contributed by atoms with van der Waals surface area (Å²) < 4.78 is 0. The van der Waals surface area contributed by atoms with E-state index in [1.807, 2.05) is 24.3 Å². The Morgan fingerprint density at radius 2 is 0.656 bits per heavy atom. The Morgan fingerprint density at radius 1 is 0.328 bits per heavy atom. The number of nitrogens with one attached hydrogen (secondary N) is 4. The van der Waals surface area contributed by atoms with Crippen LogP contribution in [0.4, 0.5) is 0 Å². The summed E-state index contributed by atoms with van der Waals surface area (Å²) in [7, 11) is 0. The first-order chi connectivity index (χ1) is 31.5. The number of aromatic nitrogens is 4. The van der Waals surface area contributed by atoms with Crippen LogP contribution in [0.15, 0.2) is 97.1 Å². The van der Waals surface area contributed by atoms with Crippen LogP contribution in [0.25, 0.3) is 22.3 Å². The van der Waals surface area contributed by atoms with Gasteiger partial charge in [0.25, 0.3) is 0 Å². The van der Waals surface area contributed by atoms with E-state index in [1.165, 1.54) is 151 Å². The third-order valence-electron chi connectivity index (χ3n) is 13.5. The molecule has 340 valence electrons. The highest BCUT2D eigenvalue weighted by molar-refractivity contribution is 5.83. The molecular formula is C58H76N4O2. The SMILES string of the molecule is CCCCCCCCCCCCCC1=c2ccc([nH]2)=C(c2cccc(O)c2)c2ccc([nH]2)C(c2cccc(O)c2)=c2ccc([nH]2)=C(CCCCCCCCCCCCC)c2ccc1[nH]2. The summed E-state index contributed by atoms with van der Waals surface area (Å²) in [6.07, 6.45) is 31.0. The lowest BCUT2D eigenvalue weighted by Gasteiger charge is -2.10. The molecule has 0 saturated carbocycles. The van der Waals surface area contributed by atoms with E-state index in [0.717, 1.165) is 80.7 Å². The van der Waals surface area contributed by atoms with Crippen LogP contribution in [-0.4, -0.2) is 30.1 Å². The zero-order valence-electron chi connectivity index (χ0n) is 39.1. The molecule has 6 N–H and O–H groups in total. The number of unbranched alkanes of at least 4 members (excludes halogenated alkanes) is 20. The van der Waals surface area contributed by atoms with Gasteiger partial charge >= 0.3 is 0 Å². The van der Waals surface area contributed by atoms with Crippen molar-refractivity contribution in [3.63, 3.8) is 0 Å². The summed E-state index contributed by atoms with van der Waals surface area (Å²) in [5.74, 6) is 0.453. The van der Waals surface area contributed by atoms with Gasteiger partial charge in [-0.05, 0) is 121 Å². The standard InChI is InChI=1S/C58H76N4O2/c1-3-5-7-9-11-13-15-17-19-21-23-31-47-49-33-34-50(59-49)48(32-24-22-20-18-16-14-12-10-8-6-4-2)52-36-38-54(61-52)58(44-28-26-30-46(64)42-44)56-40-39-55(62-56)57(53-37-35-51(47)60-53)43-27-25-29-45(63)41-43/h25-30,33-42,59-64H,3-24,31-32H2,1-2H3. The van der Waals surface area contributed by atoms with E-state index in [1.54, 1.807) is 12.1 Å². The number of phenols is 2. The van der Waals surface area contributed by atoms with Gasteiger partial charge in [0.05, 0.1) is 0 Å². The number of rotatable bonds is 26. The van der Waals surface area contributed by atoms with Crippen LogP contribution in [0.2, 0.25) is 0 Å². The summed E-state index contributed by atoms with van der Waals surface area (Å²) >= 11 is 0. The molecule has 0 fully saturated rings. The molecule has 2 aromatic carbocycles. The lowest BCUT2D eigenvalue weighted by atomic mass is 10.0. The maximum Gasteiger partial charge on any atom is 0.116 e. The van der Waals surface area contributed by atoms with Gasteiger partial charge in [-0.1, -0.05) is 167 Å². The second-order valence-electron chi connectivity index (χ2n) is 18.5. The van der Waals surface area contributed by atoms with Crippen molar-refractivity contribution < 1.29 is 10.2 Å². The van der Waals surface area contributed by atoms with Gasteiger partial charge in [0.2, 0.25) is 0 Å². The van der Waals surface area contributed by atoms with Crippen molar-refractivity contribution in [2.75, 3.05) is 0 Å². The first kappa shape index (κ1) is 46.6. The number of hydrogen-bond donors (Lipinski definition) is 6. The summed E-state index contributed by atoms with van der Waals surface area (Å²) in [6.45, 7) is 4.58. The molecule has 0 unspecified atom stereocenters. The average molecular weight is 861 g/mol. The Labute approximate surface area is 382 Å². The second-order valence-corrected chi connectivity index (χ2v) is 18.5. The van der Waals surface area contributed by atoms with Crippen molar-refractivity contribution in [3.8, 4) is 11.5 Å². The molecule has 1 aliphatic rings.